The Hall–Kier alpha value is -0.160. The van der Waals surface area contributed by atoms with Gasteiger partial charge in [0.25, 0.3) is 0 Å². The summed E-state index contributed by atoms with van der Waals surface area (Å²) in [6, 6.07) is 0.710. The van der Waals surface area contributed by atoms with Crippen molar-refractivity contribution >= 4 is 0 Å². The van der Waals surface area contributed by atoms with Crippen molar-refractivity contribution < 1.29 is 14.2 Å². The van der Waals surface area contributed by atoms with Gasteiger partial charge in [0.05, 0.1) is 33.0 Å². The minimum Gasteiger partial charge on any atom is -0.379 e. The summed E-state index contributed by atoms with van der Waals surface area (Å²) in [7, 11) is 0. The maximum atomic E-state index is 5.56. The van der Waals surface area contributed by atoms with Gasteiger partial charge in [-0.15, -0.1) is 0 Å². The number of unbranched alkanes of at least 4 members (excludes halogenated alkanes) is 1. The van der Waals surface area contributed by atoms with Crippen LogP contribution in [0.5, 0.6) is 0 Å². The summed E-state index contributed by atoms with van der Waals surface area (Å²) in [4.78, 5) is 0. The molecule has 21 heavy (non-hydrogen) atoms. The van der Waals surface area contributed by atoms with Gasteiger partial charge in [0, 0.05) is 19.2 Å². The SMILES string of the molecule is CCCCOCCOCCOCCNC1CCC(C)CC1. The highest BCUT2D eigenvalue weighted by atomic mass is 16.5. The minimum atomic E-state index is 0.665. The van der Waals surface area contributed by atoms with E-state index in [0.717, 1.165) is 32.1 Å². The molecular weight excluding hydrogens is 266 g/mol. The van der Waals surface area contributed by atoms with E-state index in [-0.39, 0.29) is 0 Å². The van der Waals surface area contributed by atoms with E-state index in [1.165, 1.54) is 32.1 Å². The van der Waals surface area contributed by atoms with Gasteiger partial charge in [-0.1, -0.05) is 20.3 Å². The molecule has 0 amide bonds. The first-order valence-electron chi connectivity index (χ1n) is 8.79. The quantitative estimate of drug-likeness (QED) is 0.531. The first-order chi connectivity index (χ1) is 10.3. The molecule has 0 saturated heterocycles. The second kappa shape index (κ2) is 13.5. The molecule has 0 aliphatic heterocycles. The Morgan fingerprint density at radius 3 is 2.00 bits per heavy atom. The molecule has 4 heteroatoms. The van der Waals surface area contributed by atoms with E-state index in [9.17, 15) is 0 Å². The van der Waals surface area contributed by atoms with Crippen LogP contribution >= 0.6 is 0 Å². The minimum absolute atomic E-state index is 0.665. The standard InChI is InChI=1S/C17H35NO3/c1-3-4-10-19-12-14-21-15-13-20-11-9-18-17-7-5-16(2)6-8-17/h16-18H,3-15H2,1-2H3. The summed E-state index contributed by atoms with van der Waals surface area (Å²) >= 11 is 0. The molecule has 1 N–H and O–H groups in total. The smallest absolute Gasteiger partial charge is 0.0701 e. The first-order valence-corrected chi connectivity index (χ1v) is 8.79. The fourth-order valence-electron chi connectivity index (χ4n) is 2.59. The Morgan fingerprint density at radius 1 is 0.810 bits per heavy atom. The predicted molar refractivity (Wildman–Crippen MR) is 86.8 cm³/mol. The first kappa shape index (κ1) is 18.9. The predicted octanol–water partition coefficient (Wildman–Crippen LogP) is 3.00. The van der Waals surface area contributed by atoms with Crippen LogP contribution in [-0.2, 0) is 14.2 Å². The second-order valence-electron chi connectivity index (χ2n) is 6.10. The van der Waals surface area contributed by atoms with Crippen LogP contribution in [0.3, 0.4) is 0 Å². The van der Waals surface area contributed by atoms with Gasteiger partial charge in [-0.25, -0.2) is 0 Å². The molecule has 1 rings (SSSR count). The molecule has 1 aliphatic carbocycles. The summed E-state index contributed by atoms with van der Waals surface area (Å²) in [5.41, 5.74) is 0. The molecule has 0 radical (unpaired) electrons. The topological polar surface area (TPSA) is 39.7 Å². The molecule has 126 valence electrons. The maximum absolute atomic E-state index is 5.56. The summed E-state index contributed by atoms with van der Waals surface area (Å²) in [6.07, 6.45) is 7.70. The third-order valence-corrected chi connectivity index (χ3v) is 4.08. The maximum Gasteiger partial charge on any atom is 0.0701 e. The zero-order valence-electron chi connectivity index (χ0n) is 14.1. The lowest BCUT2D eigenvalue weighted by Crippen LogP contribution is -2.35. The van der Waals surface area contributed by atoms with Gasteiger partial charge in [0.2, 0.25) is 0 Å². The average molecular weight is 301 g/mol. The number of hydrogen-bond acceptors (Lipinski definition) is 4. The Bertz CT molecular complexity index is 218. The monoisotopic (exact) mass is 301 g/mol. The van der Waals surface area contributed by atoms with Crippen LogP contribution in [0.25, 0.3) is 0 Å². The molecule has 0 spiro atoms. The molecule has 0 aromatic heterocycles. The van der Waals surface area contributed by atoms with Gasteiger partial charge in [0.1, 0.15) is 0 Å². The Labute approximate surface area is 130 Å². The fourth-order valence-corrected chi connectivity index (χ4v) is 2.59. The van der Waals surface area contributed by atoms with Gasteiger partial charge >= 0.3 is 0 Å². The lowest BCUT2D eigenvalue weighted by Gasteiger charge is -2.26. The van der Waals surface area contributed by atoms with E-state index in [2.05, 4.69) is 19.2 Å². The molecule has 0 unspecified atom stereocenters. The van der Waals surface area contributed by atoms with Crippen LogP contribution in [0.15, 0.2) is 0 Å². The Balaban J connectivity index is 1.73. The Morgan fingerprint density at radius 2 is 1.38 bits per heavy atom. The number of rotatable bonds is 13. The van der Waals surface area contributed by atoms with Crippen LogP contribution in [0.2, 0.25) is 0 Å². The highest BCUT2D eigenvalue weighted by Gasteiger charge is 2.16. The van der Waals surface area contributed by atoms with E-state index >= 15 is 0 Å². The molecule has 1 saturated carbocycles. The van der Waals surface area contributed by atoms with Gasteiger partial charge in [-0.3, -0.25) is 0 Å². The lowest BCUT2D eigenvalue weighted by atomic mass is 9.87. The van der Waals surface area contributed by atoms with Gasteiger partial charge < -0.3 is 19.5 Å². The molecular formula is C17H35NO3. The summed E-state index contributed by atoms with van der Waals surface area (Å²) < 4.78 is 16.4. The van der Waals surface area contributed by atoms with Crippen molar-refractivity contribution in [2.75, 3.05) is 46.2 Å². The van der Waals surface area contributed by atoms with Crippen LogP contribution in [0, 0.1) is 5.92 Å². The lowest BCUT2D eigenvalue weighted by molar-refractivity contribution is 0.0142. The van der Waals surface area contributed by atoms with E-state index < -0.39 is 0 Å². The molecule has 0 atom stereocenters. The van der Waals surface area contributed by atoms with Crippen LogP contribution < -0.4 is 5.32 Å². The van der Waals surface area contributed by atoms with Crippen molar-refractivity contribution in [3.8, 4) is 0 Å². The van der Waals surface area contributed by atoms with Crippen molar-refractivity contribution in [1.82, 2.24) is 5.32 Å². The van der Waals surface area contributed by atoms with Crippen molar-refractivity contribution in [3.05, 3.63) is 0 Å². The second-order valence-corrected chi connectivity index (χ2v) is 6.10. The summed E-state index contributed by atoms with van der Waals surface area (Å²) in [5.74, 6) is 0.919. The molecule has 1 aliphatic rings. The summed E-state index contributed by atoms with van der Waals surface area (Å²) in [5, 5.41) is 3.59. The molecule has 0 aromatic carbocycles. The van der Waals surface area contributed by atoms with Crippen LogP contribution in [0.4, 0.5) is 0 Å². The zero-order valence-corrected chi connectivity index (χ0v) is 14.1. The van der Waals surface area contributed by atoms with Gasteiger partial charge in [-0.2, -0.15) is 0 Å². The number of ether oxygens (including phenoxy) is 3. The van der Waals surface area contributed by atoms with Crippen LogP contribution in [0.1, 0.15) is 52.4 Å². The van der Waals surface area contributed by atoms with E-state index in [1.807, 2.05) is 0 Å². The average Bonchev–Trinajstić information content (AvgIpc) is 2.50. The van der Waals surface area contributed by atoms with E-state index in [1.54, 1.807) is 0 Å². The van der Waals surface area contributed by atoms with Crippen molar-refractivity contribution in [1.29, 1.82) is 0 Å². The third kappa shape index (κ3) is 11.1. The van der Waals surface area contributed by atoms with Gasteiger partial charge in [-0.05, 0) is 38.0 Å². The molecule has 0 aromatic rings. The normalized spacial score (nSPS) is 22.6. The molecule has 0 heterocycles. The van der Waals surface area contributed by atoms with Crippen LogP contribution in [-0.4, -0.2) is 52.2 Å². The zero-order chi connectivity index (χ0) is 15.2. The third-order valence-electron chi connectivity index (χ3n) is 4.08. The highest BCUT2D eigenvalue weighted by molar-refractivity contribution is 4.74. The van der Waals surface area contributed by atoms with Gasteiger partial charge in [0.15, 0.2) is 0 Å². The molecule has 1 fully saturated rings. The highest BCUT2D eigenvalue weighted by Crippen LogP contribution is 2.23. The van der Waals surface area contributed by atoms with E-state index in [0.29, 0.717) is 32.5 Å². The van der Waals surface area contributed by atoms with E-state index in [4.69, 9.17) is 14.2 Å². The number of nitrogens with one attached hydrogen (secondary N) is 1. The number of hydrogen-bond donors (Lipinski definition) is 1. The molecule has 0 bridgehead atoms. The Kier molecular flexibility index (Phi) is 12.1. The fraction of sp³-hybridized carbons (Fsp3) is 1.00. The van der Waals surface area contributed by atoms with Crippen molar-refractivity contribution in [3.63, 3.8) is 0 Å². The van der Waals surface area contributed by atoms with Crippen molar-refractivity contribution in [2.24, 2.45) is 5.92 Å². The largest absolute Gasteiger partial charge is 0.379 e. The van der Waals surface area contributed by atoms with Crippen molar-refractivity contribution in [2.45, 2.75) is 58.4 Å². The summed E-state index contributed by atoms with van der Waals surface area (Å²) in [6.45, 7) is 9.82. The molecule has 4 nitrogen and oxygen atoms in total.